The minimum Gasteiger partial charge on any atom is -0.387 e. The Kier molecular flexibility index (Phi) is 5.87. The predicted octanol–water partition coefficient (Wildman–Crippen LogP) is 3.65. The van der Waals surface area contributed by atoms with Gasteiger partial charge in [-0.2, -0.15) is 5.10 Å². The van der Waals surface area contributed by atoms with E-state index in [1.807, 2.05) is 11.6 Å². The molecule has 0 spiro atoms. The number of aliphatic hydroxyl groups excluding tert-OH is 1. The number of aryl methyl sites for hydroxylation is 2. The molecule has 0 bridgehead atoms. The van der Waals surface area contributed by atoms with E-state index in [9.17, 15) is 5.11 Å². The van der Waals surface area contributed by atoms with Gasteiger partial charge in [-0.1, -0.05) is 23.2 Å². The molecule has 1 unspecified atom stereocenters. The van der Waals surface area contributed by atoms with E-state index in [4.69, 9.17) is 23.2 Å². The third-order valence-corrected chi connectivity index (χ3v) is 4.18. The summed E-state index contributed by atoms with van der Waals surface area (Å²) < 4.78 is 1.99. The highest BCUT2D eigenvalue weighted by Gasteiger charge is 2.12. The Morgan fingerprint density at radius 1 is 1.23 bits per heavy atom. The van der Waals surface area contributed by atoms with E-state index >= 15 is 0 Å². The van der Waals surface area contributed by atoms with Crippen LogP contribution in [0.5, 0.6) is 0 Å². The second-order valence-corrected chi connectivity index (χ2v) is 6.19. The second kappa shape index (κ2) is 7.47. The van der Waals surface area contributed by atoms with Gasteiger partial charge in [-0.05, 0) is 44.5 Å². The number of aliphatic hydroxyl groups is 1. The average Bonchev–Trinajstić information content (AvgIpc) is 2.73. The molecule has 0 saturated heterocycles. The van der Waals surface area contributed by atoms with E-state index in [0.717, 1.165) is 17.9 Å². The quantitative estimate of drug-likeness (QED) is 0.843. The number of nitrogens with zero attached hydrogens (tertiary/aromatic N) is 2. The molecular weight excluding hydrogens is 321 g/mol. The molecule has 0 saturated carbocycles. The van der Waals surface area contributed by atoms with Gasteiger partial charge >= 0.3 is 0 Å². The van der Waals surface area contributed by atoms with Gasteiger partial charge in [0.1, 0.15) is 0 Å². The van der Waals surface area contributed by atoms with Crippen molar-refractivity contribution < 1.29 is 5.11 Å². The van der Waals surface area contributed by atoms with Crippen LogP contribution in [-0.2, 0) is 13.1 Å². The zero-order chi connectivity index (χ0) is 16.3. The van der Waals surface area contributed by atoms with Crippen LogP contribution in [-0.4, -0.2) is 21.4 Å². The zero-order valence-corrected chi connectivity index (χ0v) is 14.5. The highest BCUT2D eigenvalue weighted by Crippen LogP contribution is 2.23. The van der Waals surface area contributed by atoms with Crippen LogP contribution in [0.3, 0.4) is 0 Å². The maximum atomic E-state index is 10.2. The molecule has 0 fully saturated rings. The summed E-state index contributed by atoms with van der Waals surface area (Å²) in [5.41, 5.74) is 4.07. The summed E-state index contributed by atoms with van der Waals surface area (Å²) in [6, 6.07) is 5.11. The van der Waals surface area contributed by atoms with Crippen LogP contribution >= 0.6 is 23.2 Å². The fraction of sp³-hybridized carbons (Fsp3) is 0.438. The van der Waals surface area contributed by atoms with E-state index in [2.05, 4.69) is 24.3 Å². The number of benzene rings is 1. The summed E-state index contributed by atoms with van der Waals surface area (Å²) in [7, 11) is 0. The van der Waals surface area contributed by atoms with Crippen molar-refractivity contribution in [1.82, 2.24) is 15.1 Å². The van der Waals surface area contributed by atoms with Crippen LogP contribution in [0.25, 0.3) is 0 Å². The van der Waals surface area contributed by atoms with Crippen LogP contribution in [0, 0.1) is 13.8 Å². The highest BCUT2D eigenvalue weighted by atomic mass is 35.5. The van der Waals surface area contributed by atoms with Gasteiger partial charge in [-0.25, -0.2) is 0 Å². The first kappa shape index (κ1) is 17.3. The van der Waals surface area contributed by atoms with Gasteiger partial charge in [0.15, 0.2) is 0 Å². The number of aromatic nitrogens is 2. The molecule has 0 aliphatic heterocycles. The molecular formula is C16H21Cl2N3O. The average molecular weight is 342 g/mol. The van der Waals surface area contributed by atoms with E-state index in [1.165, 1.54) is 5.56 Å². The zero-order valence-electron chi connectivity index (χ0n) is 13.0. The first-order valence-corrected chi connectivity index (χ1v) is 8.05. The fourth-order valence-corrected chi connectivity index (χ4v) is 3.06. The molecule has 1 aromatic heterocycles. The minimum atomic E-state index is -0.655. The van der Waals surface area contributed by atoms with Crippen molar-refractivity contribution in [2.75, 3.05) is 6.54 Å². The standard InChI is InChI=1S/C16H21Cl2N3O/c1-4-21-11(3)15(10(2)20-21)8-19-9-16(22)12-5-13(17)7-14(18)6-12/h5-7,16,19,22H,4,8-9H2,1-3H3. The van der Waals surface area contributed by atoms with Gasteiger partial charge in [-0.15, -0.1) is 0 Å². The van der Waals surface area contributed by atoms with Crippen molar-refractivity contribution in [3.8, 4) is 0 Å². The molecule has 2 rings (SSSR count). The summed E-state index contributed by atoms with van der Waals surface area (Å²) in [6.07, 6.45) is -0.655. The Morgan fingerprint density at radius 2 is 1.86 bits per heavy atom. The first-order chi connectivity index (χ1) is 10.4. The smallest absolute Gasteiger partial charge is 0.0915 e. The molecule has 0 aliphatic rings. The van der Waals surface area contributed by atoms with E-state index in [-0.39, 0.29) is 0 Å². The molecule has 22 heavy (non-hydrogen) atoms. The third-order valence-electron chi connectivity index (χ3n) is 3.74. The van der Waals surface area contributed by atoms with Crippen molar-refractivity contribution in [3.63, 3.8) is 0 Å². The van der Waals surface area contributed by atoms with Crippen LogP contribution in [0.1, 0.15) is 35.5 Å². The molecule has 0 aliphatic carbocycles. The van der Waals surface area contributed by atoms with Crippen molar-refractivity contribution >= 4 is 23.2 Å². The Labute approximate surface area is 141 Å². The van der Waals surface area contributed by atoms with Crippen LogP contribution < -0.4 is 5.32 Å². The number of hydrogen-bond donors (Lipinski definition) is 2. The largest absolute Gasteiger partial charge is 0.387 e. The Morgan fingerprint density at radius 3 is 2.41 bits per heavy atom. The molecule has 0 radical (unpaired) electrons. The van der Waals surface area contributed by atoms with Crippen molar-refractivity contribution in [2.45, 2.75) is 40.0 Å². The number of rotatable bonds is 6. The molecule has 2 aromatic rings. The Bertz CT molecular complexity index is 635. The maximum absolute atomic E-state index is 10.2. The number of hydrogen-bond acceptors (Lipinski definition) is 3. The fourth-order valence-electron chi connectivity index (χ4n) is 2.52. The first-order valence-electron chi connectivity index (χ1n) is 7.30. The SMILES string of the molecule is CCn1nc(C)c(CNCC(O)c2cc(Cl)cc(Cl)c2)c1C. The van der Waals surface area contributed by atoms with Crippen LogP contribution in [0.15, 0.2) is 18.2 Å². The van der Waals surface area contributed by atoms with Gasteiger partial charge in [0.2, 0.25) is 0 Å². The van der Waals surface area contributed by atoms with Crippen LogP contribution in [0.2, 0.25) is 10.0 Å². The van der Waals surface area contributed by atoms with Crippen molar-refractivity contribution in [3.05, 3.63) is 50.8 Å². The van der Waals surface area contributed by atoms with E-state index in [1.54, 1.807) is 18.2 Å². The van der Waals surface area contributed by atoms with E-state index in [0.29, 0.717) is 28.7 Å². The topological polar surface area (TPSA) is 50.1 Å². The summed E-state index contributed by atoms with van der Waals surface area (Å²) in [6.45, 7) is 8.09. The van der Waals surface area contributed by atoms with Gasteiger partial charge < -0.3 is 10.4 Å². The lowest BCUT2D eigenvalue weighted by atomic mass is 10.1. The van der Waals surface area contributed by atoms with Gasteiger partial charge in [0.05, 0.1) is 11.8 Å². The number of nitrogens with one attached hydrogen (secondary N) is 1. The molecule has 1 atom stereocenters. The number of halogens is 2. The lowest BCUT2D eigenvalue weighted by Gasteiger charge is -2.13. The summed E-state index contributed by atoms with van der Waals surface area (Å²) in [5, 5.41) is 19.0. The van der Waals surface area contributed by atoms with Crippen LogP contribution in [0.4, 0.5) is 0 Å². The Balaban J connectivity index is 1.97. The van der Waals surface area contributed by atoms with E-state index < -0.39 is 6.10 Å². The third kappa shape index (κ3) is 4.02. The highest BCUT2D eigenvalue weighted by molar-refractivity contribution is 6.34. The van der Waals surface area contributed by atoms with Gasteiger partial charge in [0, 0.05) is 40.9 Å². The molecule has 0 amide bonds. The minimum absolute atomic E-state index is 0.423. The lowest BCUT2D eigenvalue weighted by molar-refractivity contribution is 0.174. The molecule has 1 aromatic carbocycles. The molecule has 2 N–H and O–H groups in total. The maximum Gasteiger partial charge on any atom is 0.0915 e. The van der Waals surface area contributed by atoms with Crippen molar-refractivity contribution in [2.24, 2.45) is 0 Å². The monoisotopic (exact) mass is 341 g/mol. The summed E-state index contributed by atoms with van der Waals surface area (Å²) >= 11 is 11.9. The molecule has 1 heterocycles. The summed E-state index contributed by atoms with van der Waals surface area (Å²) in [5.74, 6) is 0. The molecule has 4 nitrogen and oxygen atoms in total. The molecule has 6 heteroatoms. The summed E-state index contributed by atoms with van der Waals surface area (Å²) in [4.78, 5) is 0. The van der Waals surface area contributed by atoms with Gasteiger partial charge in [-0.3, -0.25) is 4.68 Å². The predicted molar refractivity (Wildman–Crippen MR) is 90.5 cm³/mol. The normalized spacial score (nSPS) is 12.6. The van der Waals surface area contributed by atoms with Crippen molar-refractivity contribution in [1.29, 1.82) is 0 Å². The molecule has 120 valence electrons. The second-order valence-electron chi connectivity index (χ2n) is 5.31. The lowest BCUT2D eigenvalue weighted by Crippen LogP contribution is -2.21. The van der Waals surface area contributed by atoms with Gasteiger partial charge in [0.25, 0.3) is 0 Å². The Hall–Kier alpha value is -1.07.